The summed E-state index contributed by atoms with van der Waals surface area (Å²) in [4.78, 5) is 0. The zero-order valence-corrected chi connectivity index (χ0v) is 13.3. The lowest BCUT2D eigenvalue weighted by Gasteiger charge is -2.29. The van der Waals surface area contributed by atoms with Gasteiger partial charge in [0, 0.05) is 24.7 Å². The summed E-state index contributed by atoms with van der Waals surface area (Å²) < 4.78 is 6.29. The van der Waals surface area contributed by atoms with Gasteiger partial charge in [0.15, 0.2) is 0 Å². The third kappa shape index (κ3) is 4.59. The van der Waals surface area contributed by atoms with Gasteiger partial charge in [-0.25, -0.2) is 0 Å². The van der Waals surface area contributed by atoms with Gasteiger partial charge in [0.05, 0.1) is 6.61 Å². The Bertz CT molecular complexity index is 388. The molecule has 1 aromatic rings. The largest absolute Gasteiger partial charge is 0.383 e. The Morgan fingerprint density at radius 2 is 2.11 bits per heavy atom. The minimum absolute atomic E-state index is 0.453. The second-order valence-electron chi connectivity index (χ2n) is 5.68. The van der Waals surface area contributed by atoms with Crippen LogP contribution in [-0.2, 0) is 11.2 Å². The summed E-state index contributed by atoms with van der Waals surface area (Å²) in [7, 11) is 1.76. The lowest BCUT2D eigenvalue weighted by atomic mass is 9.80. The topological polar surface area (TPSA) is 21.3 Å². The Morgan fingerprint density at radius 1 is 1.32 bits per heavy atom. The van der Waals surface area contributed by atoms with Crippen LogP contribution in [0.5, 0.6) is 0 Å². The van der Waals surface area contributed by atoms with Crippen molar-refractivity contribution in [2.24, 2.45) is 5.41 Å². The summed E-state index contributed by atoms with van der Waals surface area (Å²) in [5, 5.41) is 3.57. The number of methoxy groups -OCH3 is 1. The first kappa shape index (κ1) is 15.0. The molecule has 0 amide bonds. The molecule has 0 saturated heterocycles. The van der Waals surface area contributed by atoms with Crippen molar-refractivity contribution in [3.05, 3.63) is 34.3 Å². The molecule has 3 heteroatoms. The van der Waals surface area contributed by atoms with Crippen molar-refractivity contribution in [3.63, 3.8) is 0 Å². The average molecular weight is 326 g/mol. The molecule has 2 nitrogen and oxygen atoms in total. The maximum Gasteiger partial charge on any atom is 0.0587 e. The van der Waals surface area contributed by atoms with Crippen LogP contribution in [-0.4, -0.2) is 26.8 Å². The number of ether oxygens (including phenoxy) is 1. The molecule has 0 unspecified atom stereocenters. The minimum Gasteiger partial charge on any atom is -0.383 e. The van der Waals surface area contributed by atoms with Gasteiger partial charge in [-0.3, -0.25) is 0 Å². The van der Waals surface area contributed by atoms with Crippen LogP contribution in [0.1, 0.15) is 31.2 Å². The van der Waals surface area contributed by atoms with Crippen molar-refractivity contribution >= 4 is 15.9 Å². The predicted octanol–water partition coefficient (Wildman–Crippen LogP) is 3.79. The monoisotopic (exact) mass is 325 g/mol. The number of benzene rings is 1. The first-order valence-corrected chi connectivity index (χ1v) is 7.98. The molecular formula is C16H24BrNO. The number of hydrogen-bond acceptors (Lipinski definition) is 2. The maximum atomic E-state index is 5.10. The minimum atomic E-state index is 0.453. The fraction of sp³-hybridized carbons (Fsp3) is 0.625. The highest BCUT2D eigenvalue weighted by Crippen LogP contribution is 2.40. The zero-order valence-electron chi connectivity index (χ0n) is 11.8. The Kier molecular flexibility index (Phi) is 5.86. The number of nitrogens with one attached hydrogen (secondary N) is 1. The fourth-order valence-electron chi connectivity index (χ4n) is 3.15. The van der Waals surface area contributed by atoms with E-state index in [0.29, 0.717) is 5.41 Å². The summed E-state index contributed by atoms with van der Waals surface area (Å²) in [5.74, 6) is 0. The van der Waals surface area contributed by atoms with Gasteiger partial charge in [-0.15, -0.1) is 0 Å². The van der Waals surface area contributed by atoms with E-state index < -0.39 is 0 Å². The van der Waals surface area contributed by atoms with Gasteiger partial charge in [-0.05, 0) is 42.4 Å². The molecule has 0 atom stereocenters. The van der Waals surface area contributed by atoms with Crippen LogP contribution in [0.3, 0.4) is 0 Å². The molecule has 0 aliphatic heterocycles. The summed E-state index contributed by atoms with van der Waals surface area (Å²) in [6, 6.07) is 8.75. The highest BCUT2D eigenvalue weighted by atomic mass is 79.9. The van der Waals surface area contributed by atoms with E-state index in [0.717, 1.165) is 19.7 Å². The molecule has 0 radical (unpaired) electrons. The van der Waals surface area contributed by atoms with Crippen LogP contribution in [0.25, 0.3) is 0 Å². The van der Waals surface area contributed by atoms with Gasteiger partial charge in [-0.2, -0.15) is 0 Å². The smallest absolute Gasteiger partial charge is 0.0587 e. The molecule has 2 rings (SSSR count). The molecule has 1 saturated carbocycles. The second kappa shape index (κ2) is 7.41. The van der Waals surface area contributed by atoms with Crippen LogP contribution in [0.4, 0.5) is 0 Å². The van der Waals surface area contributed by atoms with E-state index in [1.807, 2.05) is 0 Å². The molecule has 1 aliphatic carbocycles. The van der Waals surface area contributed by atoms with Crippen LogP contribution in [0.15, 0.2) is 28.7 Å². The van der Waals surface area contributed by atoms with Crippen LogP contribution >= 0.6 is 15.9 Å². The van der Waals surface area contributed by atoms with E-state index >= 15 is 0 Å². The number of rotatable bonds is 7. The van der Waals surface area contributed by atoms with Crippen LogP contribution in [0, 0.1) is 5.41 Å². The Hall–Kier alpha value is -0.380. The molecule has 0 aromatic heterocycles. The zero-order chi connectivity index (χ0) is 13.6. The van der Waals surface area contributed by atoms with Gasteiger partial charge >= 0.3 is 0 Å². The highest BCUT2D eigenvalue weighted by Gasteiger charge is 2.33. The lowest BCUT2D eigenvalue weighted by Crippen LogP contribution is -2.35. The van der Waals surface area contributed by atoms with Crippen molar-refractivity contribution in [2.45, 2.75) is 32.1 Å². The third-order valence-corrected chi connectivity index (χ3v) is 4.61. The first-order chi connectivity index (χ1) is 9.24. The van der Waals surface area contributed by atoms with E-state index in [9.17, 15) is 0 Å². The van der Waals surface area contributed by atoms with Gasteiger partial charge in [-0.1, -0.05) is 40.9 Å². The Morgan fingerprint density at radius 3 is 2.79 bits per heavy atom. The number of halogens is 1. The van der Waals surface area contributed by atoms with E-state index in [1.54, 1.807) is 7.11 Å². The first-order valence-electron chi connectivity index (χ1n) is 7.18. The van der Waals surface area contributed by atoms with Crippen molar-refractivity contribution in [1.29, 1.82) is 0 Å². The summed E-state index contributed by atoms with van der Waals surface area (Å²) in [6.45, 7) is 2.87. The molecular weight excluding hydrogens is 302 g/mol. The number of hydrogen-bond donors (Lipinski definition) is 1. The van der Waals surface area contributed by atoms with Crippen molar-refractivity contribution in [2.75, 3.05) is 26.8 Å². The summed E-state index contributed by atoms with van der Waals surface area (Å²) >= 11 is 3.57. The Labute approximate surface area is 125 Å². The SMILES string of the molecule is COCCNCC1(Cc2cccc(Br)c2)CCCC1. The quantitative estimate of drug-likeness (QED) is 0.770. The molecule has 1 aliphatic rings. The van der Waals surface area contributed by atoms with Crippen LogP contribution in [0.2, 0.25) is 0 Å². The highest BCUT2D eigenvalue weighted by molar-refractivity contribution is 9.10. The van der Waals surface area contributed by atoms with Gasteiger partial charge in [0.1, 0.15) is 0 Å². The molecule has 19 heavy (non-hydrogen) atoms. The molecule has 106 valence electrons. The van der Waals surface area contributed by atoms with Gasteiger partial charge < -0.3 is 10.1 Å². The molecule has 1 fully saturated rings. The molecule has 0 heterocycles. The lowest BCUT2D eigenvalue weighted by molar-refractivity contribution is 0.190. The Balaban J connectivity index is 1.95. The molecule has 0 bridgehead atoms. The standard InChI is InChI=1S/C16H24BrNO/c1-19-10-9-18-13-16(7-2-3-8-16)12-14-5-4-6-15(17)11-14/h4-6,11,18H,2-3,7-10,12-13H2,1H3. The van der Waals surface area contributed by atoms with E-state index in [-0.39, 0.29) is 0 Å². The third-order valence-electron chi connectivity index (χ3n) is 4.12. The summed E-state index contributed by atoms with van der Waals surface area (Å²) in [5.41, 5.74) is 1.90. The molecule has 0 spiro atoms. The van der Waals surface area contributed by atoms with Crippen LogP contribution < -0.4 is 5.32 Å². The van der Waals surface area contributed by atoms with Gasteiger partial charge in [0.25, 0.3) is 0 Å². The van der Waals surface area contributed by atoms with Crippen molar-refractivity contribution in [1.82, 2.24) is 5.32 Å². The van der Waals surface area contributed by atoms with Crippen molar-refractivity contribution < 1.29 is 4.74 Å². The normalized spacial score (nSPS) is 17.8. The fourth-order valence-corrected chi connectivity index (χ4v) is 3.60. The van der Waals surface area contributed by atoms with E-state index in [4.69, 9.17) is 4.74 Å². The molecule has 1 aromatic carbocycles. The maximum absolute atomic E-state index is 5.10. The van der Waals surface area contributed by atoms with Gasteiger partial charge in [0.2, 0.25) is 0 Å². The summed E-state index contributed by atoms with van der Waals surface area (Å²) in [6.07, 6.45) is 6.63. The second-order valence-corrected chi connectivity index (χ2v) is 6.60. The van der Waals surface area contributed by atoms with E-state index in [2.05, 4.69) is 45.5 Å². The van der Waals surface area contributed by atoms with E-state index in [1.165, 1.54) is 42.1 Å². The average Bonchev–Trinajstić information content (AvgIpc) is 2.84. The predicted molar refractivity (Wildman–Crippen MR) is 83.5 cm³/mol. The van der Waals surface area contributed by atoms with Crippen molar-refractivity contribution in [3.8, 4) is 0 Å². The molecule has 1 N–H and O–H groups in total.